The van der Waals surface area contributed by atoms with Crippen molar-refractivity contribution in [3.63, 3.8) is 0 Å². The number of rotatable bonds is 3. The molecule has 0 atom stereocenters. The van der Waals surface area contributed by atoms with Crippen LogP contribution in [0.25, 0.3) is 0 Å². The van der Waals surface area contributed by atoms with E-state index in [1.54, 1.807) is 26.0 Å². The van der Waals surface area contributed by atoms with Crippen LogP contribution in [0.5, 0.6) is 5.75 Å². The molecular formula is C11H13BrN2O2S. The maximum absolute atomic E-state index is 11.7. The van der Waals surface area contributed by atoms with E-state index in [4.69, 9.17) is 10.5 Å². The maximum atomic E-state index is 11.7. The lowest BCUT2D eigenvalue weighted by atomic mass is 10.1. The molecule has 6 heteroatoms. The Labute approximate surface area is 114 Å². The summed E-state index contributed by atoms with van der Waals surface area (Å²) in [5.41, 5.74) is 4.20. The smallest absolute Gasteiger partial charge is 0.269 e. The van der Waals surface area contributed by atoms with E-state index >= 15 is 0 Å². The van der Waals surface area contributed by atoms with Gasteiger partial charge in [-0.1, -0.05) is 15.9 Å². The summed E-state index contributed by atoms with van der Waals surface area (Å²) in [6.07, 6.45) is 0. The second kappa shape index (κ2) is 5.46. The molecule has 0 bridgehead atoms. The van der Waals surface area contributed by atoms with Gasteiger partial charge < -0.3 is 10.5 Å². The van der Waals surface area contributed by atoms with E-state index < -0.39 is 5.60 Å². The van der Waals surface area contributed by atoms with Gasteiger partial charge in [0.15, 0.2) is 10.7 Å². The van der Waals surface area contributed by atoms with Gasteiger partial charge in [0.2, 0.25) is 0 Å². The summed E-state index contributed by atoms with van der Waals surface area (Å²) >= 11 is 7.92. The molecule has 0 aliphatic heterocycles. The molecule has 1 aromatic carbocycles. The fraction of sp³-hybridized carbons (Fsp3) is 0.273. The van der Waals surface area contributed by atoms with Gasteiger partial charge in [-0.2, -0.15) is 0 Å². The summed E-state index contributed by atoms with van der Waals surface area (Å²) in [4.78, 5) is 11.7. The minimum atomic E-state index is -1.04. The molecule has 0 saturated carbocycles. The zero-order chi connectivity index (χ0) is 13.1. The second-order valence-electron chi connectivity index (χ2n) is 3.88. The molecule has 0 fully saturated rings. The van der Waals surface area contributed by atoms with Crippen molar-refractivity contribution >= 4 is 39.2 Å². The minimum Gasteiger partial charge on any atom is -0.478 e. The first kappa shape index (κ1) is 13.9. The van der Waals surface area contributed by atoms with Crippen LogP contribution in [0.3, 0.4) is 0 Å². The Balaban J connectivity index is 2.75. The molecule has 4 nitrogen and oxygen atoms in total. The van der Waals surface area contributed by atoms with Crippen LogP contribution in [-0.4, -0.2) is 16.6 Å². The summed E-state index contributed by atoms with van der Waals surface area (Å²) in [6, 6.07) is 7.19. The number of halogens is 1. The van der Waals surface area contributed by atoms with Gasteiger partial charge in [0, 0.05) is 4.47 Å². The van der Waals surface area contributed by atoms with Crippen molar-refractivity contribution in [3.8, 4) is 5.75 Å². The largest absolute Gasteiger partial charge is 0.478 e. The fourth-order valence-electron chi connectivity index (χ4n) is 1.11. The molecule has 1 aromatic rings. The predicted molar refractivity (Wildman–Crippen MR) is 73.8 cm³/mol. The van der Waals surface area contributed by atoms with E-state index in [1.807, 2.05) is 12.1 Å². The van der Waals surface area contributed by atoms with E-state index in [-0.39, 0.29) is 11.0 Å². The fourth-order valence-corrected chi connectivity index (χ4v) is 1.46. The van der Waals surface area contributed by atoms with Crippen molar-refractivity contribution in [2.24, 2.45) is 5.73 Å². The van der Waals surface area contributed by atoms with E-state index in [0.29, 0.717) is 5.75 Å². The van der Waals surface area contributed by atoms with Crippen LogP contribution in [0.4, 0.5) is 0 Å². The maximum Gasteiger partial charge on any atom is 0.269 e. The molecule has 92 valence electrons. The predicted octanol–water partition coefficient (Wildman–Crippen LogP) is 1.97. The van der Waals surface area contributed by atoms with E-state index in [9.17, 15) is 4.79 Å². The summed E-state index contributed by atoms with van der Waals surface area (Å²) < 4.78 is 6.51. The minimum absolute atomic E-state index is 0.0671. The normalized spacial score (nSPS) is 10.8. The Bertz CT molecular complexity index is 432. The number of nitrogens with one attached hydrogen (secondary N) is 1. The van der Waals surface area contributed by atoms with Crippen LogP contribution < -0.4 is 15.8 Å². The van der Waals surface area contributed by atoms with Crippen LogP contribution in [0.1, 0.15) is 13.8 Å². The third kappa shape index (κ3) is 4.32. The van der Waals surface area contributed by atoms with Gasteiger partial charge in [-0.15, -0.1) is 0 Å². The third-order valence-corrected chi connectivity index (χ3v) is 2.60. The van der Waals surface area contributed by atoms with E-state index in [0.717, 1.165) is 4.47 Å². The molecule has 0 spiro atoms. The van der Waals surface area contributed by atoms with E-state index in [1.165, 1.54) is 0 Å². The van der Waals surface area contributed by atoms with Crippen molar-refractivity contribution in [2.75, 3.05) is 0 Å². The molecule has 1 amide bonds. The Kier molecular flexibility index (Phi) is 4.47. The molecule has 1 rings (SSSR count). The Morgan fingerprint density at radius 2 is 1.94 bits per heavy atom. The first-order valence-electron chi connectivity index (χ1n) is 4.87. The van der Waals surface area contributed by atoms with Crippen molar-refractivity contribution in [1.29, 1.82) is 0 Å². The van der Waals surface area contributed by atoms with Gasteiger partial charge in [0.05, 0.1) is 0 Å². The molecule has 0 aromatic heterocycles. The molecular weight excluding hydrogens is 304 g/mol. The number of hydrogen-bond donors (Lipinski definition) is 2. The molecule has 0 heterocycles. The summed E-state index contributed by atoms with van der Waals surface area (Å²) in [5.74, 6) is 0.212. The zero-order valence-corrected chi connectivity index (χ0v) is 11.9. The molecule has 0 aliphatic rings. The van der Waals surface area contributed by atoms with Crippen molar-refractivity contribution < 1.29 is 9.53 Å². The van der Waals surface area contributed by atoms with Crippen LogP contribution in [0, 0.1) is 0 Å². The molecule has 0 aliphatic carbocycles. The summed E-state index contributed by atoms with van der Waals surface area (Å²) in [7, 11) is 0. The highest BCUT2D eigenvalue weighted by Gasteiger charge is 2.30. The molecule has 0 radical (unpaired) electrons. The van der Waals surface area contributed by atoms with Gasteiger partial charge in [0.25, 0.3) is 5.91 Å². The number of hydrogen-bond acceptors (Lipinski definition) is 3. The lowest BCUT2D eigenvalue weighted by Gasteiger charge is -2.24. The summed E-state index contributed by atoms with van der Waals surface area (Å²) in [5, 5.41) is 2.28. The number of benzene rings is 1. The zero-order valence-electron chi connectivity index (χ0n) is 9.49. The highest BCUT2D eigenvalue weighted by molar-refractivity contribution is 9.10. The quantitative estimate of drug-likeness (QED) is 0.837. The third-order valence-electron chi connectivity index (χ3n) is 1.97. The van der Waals surface area contributed by atoms with Gasteiger partial charge in [-0.05, 0) is 50.3 Å². The second-order valence-corrected chi connectivity index (χ2v) is 5.24. The lowest BCUT2D eigenvalue weighted by Crippen LogP contribution is -2.50. The number of nitrogens with two attached hydrogens (primary N) is 1. The Hall–Kier alpha value is -1.14. The lowest BCUT2D eigenvalue weighted by molar-refractivity contribution is -0.132. The van der Waals surface area contributed by atoms with Crippen molar-refractivity contribution in [3.05, 3.63) is 28.7 Å². The van der Waals surface area contributed by atoms with Gasteiger partial charge >= 0.3 is 0 Å². The highest BCUT2D eigenvalue weighted by Crippen LogP contribution is 2.21. The van der Waals surface area contributed by atoms with Crippen molar-refractivity contribution in [2.45, 2.75) is 19.4 Å². The van der Waals surface area contributed by atoms with Crippen LogP contribution in [0.2, 0.25) is 0 Å². The van der Waals surface area contributed by atoms with Crippen LogP contribution >= 0.6 is 28.1 Å². The molecule has 17 heavy (non-hydrogen) atoms. The van der Waals surface area contributed by atoms with Crippen LogP contribution in [-0.2, 0) is 4.79 Å². The Morgan fingerprint density at radius 1 is 1.41 bits per heavy atom. The highest BCUT2D eigenvalue weighted by atomic mass is 79.9. The monoisotopic (exact) mass is 316 g/mol. The topological polar surface area (TPSA) is 64.3 Å². The number of carbonyl (C=O) groups excluding carboxylic acids is 1. The standard InChI is InChI=1S/C11H13BrN2O2S/c1-11(2,9(15)14-10(13)17)16-8-5-3-7(12)4-6-8/h3-6H,1-2H3,(H3,13,14,15,17). The Morgan fingerprint density at radius 3 is 2.41 bits per heavy atom. The number of carbonyl (C=O) groups is 1. The number of amides is 1. The summed E-state index contributed by atoms with van der Waals surface area (Å²) in [6.45, 7) is 3.28. The molecule has 3 N–H and O–H groups in total. The van der Waals surface area contributed by atoms with Gasteiger partial charge in [0.1, 0.15) is 5.75 Å². The van der Waals surface area contributed by atoms with E-state index in [2.05, 4.69) is 33.5 Å². The molecule has 0 saturated heterocycles. The number of ether oxygens (including phenoxy) is 1. The molecule has 0 unspecified atom stereocenters. The number of thiocarbonyl (C=S) groups is 1. The first-order valence-corrected chi connectivity index (χ1v) is 6.07. The SMILES string of the molecule is CC(C)(Oc1ccc(Br)cc1)C(=O)NC(N)=S. The van der Waals surface area contributed by atoms with Crippen molar-refractivity contribution in [1.82, 2.24) is 5.32 Å². The van der Waals surface area contributed by atoms with Gasteiger partial charge in [-0.25, -0.2) is 0 Å². The first-order chi connectivity index (χ1) is 7.81. The van der Waals surface area contributed by atoms with Gasteiger partial charge in [-0.3, -0.25) is 10.1 Å². The van der Waals surface area contributed by atoms with Crippen LogP contribution in [0.15, 0.2) is 28.7 Å². The average molecular weight is 317 g/mol. The average Bonchev–Trinajstić information content (AvgIpc) is 2.20.